The maximum atomic E-state index is 10.6. The molecule has 0 aromatic heterocycles. The van der Waals surface area contributed by atoms with Crippen LogP contribution >= 0.6 is 0 Å². The summed E-state index contributed by atoms with van der Waals surface area (Å²) in [6.07, 6.45) is 5.70. The molecule has 2 heterocycles. The number of hydrogen-bond donors (Lipinski definition) is 1. The van der Waals surface area contributed by atoms with Crippen LogP contribution in [0.2, 0.25) is 0 Å². The first-order valence-corrected chi connectivity index (χ1v) is 6.12. The van der Waals surface area contributed by atoms with Crippen molar-refractivity contribution in [2.24, 2.45) is 5.92 Å². The normalized spacial score (nSPS) is 40.1. The van der Waals surface area contributed by atoms with Crippen LogP contribution in [0, 0.1) is 5.92 Å². The lowest BCUT2D eigenvalue weighted by molar-refractivity contribution is -0.00677. The molecule has 0 aromatic rings. The van der Waals surface area contributed by atoms with E-state index in [1.807, 2.05) is 0 Å². The van der Waals surface area contributed by atoms with Crippen LogP contribution in [0.3, 0.4) is 0 Å². The number of hydrogen-bond acceptors (Lipinski definition) is 2. The van der Waals surface area contributed by atoms with Crippen LogP contribution < -0.4 is 0 Å². The molecular formula is C12H23NO. The molecule has 14 heavy (non-hydrogen) atoms. The molecule has 0 bridgehead atoms. The molecule has 2 nitrogen and oxygen atoms in total. The van der Waals surface area contributed by atoms with Crippen molar-refractivity contribution in [3.05, 3.63) is 0 Å². The summed E-state index contributed by atoms with van der Waals surface area (Å²) in [5.74, 6) is 0.667. The standard InChI is InChI=1S/C12H23NO/c1-3-10(2)9-12(14)6-8-13-7-4-5-11(12)13/h10-11,14H,3-9H2,1-2H3. The second kappa shape index (κ2) is 3.82. The molecule has 0 saturated carbocycles. The Bertz CT molecular complexity index is 206. The van der Waals surface area contributed by atoms with Crippen molar-refractivity contribution >= 4 is 0 Å². The lowest BCUT2D eigenvalue weighted by Gasteiger charge is -2.32. The Hall–Kier alpha value is -0.0800. The monoisotopic (exact) mass is 197 g/mol. The lowest BCUT2D eigenvalue weighted by Crippen LogP contribution is -2.42. The zero-order chi connectivity index (χ0) is 10.2. The molecule has 2 saturated heterocycles. The van der Waals surface area contributed by atoms with Crippen molar-refractivity contribution in [3.8, 4) is 0 Å². The third-order valence-corrected chi connectivity index (χ3v) is 4.21. The SMILES string of the molecule is CCC(C)CC1(O)CCN2CCCC21. The highest BCUT2D eigenvalue weighted by Gasteiger charge is 2.47. The number of aliphatic hydroxyl groups is 1. The van der Waals surface area contributed by atoms with E-state index < -0.39 is 0 Å². The van der Waals surface area contributed by atoms with Gasteiger partial charge in [0.05, 0.1) is 5.60 Å². The summed E-state index contributed by atoms with van der Waals surface area (Å²) < 4.78 is 0. The minimum absolute atomic E-state index is 0.355. The Kier molecular flexibility index (Phi) is 2.85. The van der Waals surface area contributed by atoms with Crippen molar-refractivity contribution in [1.82, 2.24) is 4.90 Å². The summed E-state index contributed by atoms with van der Waals surface area (Å²) in [6.45, 7) is 6.82. The van der Waals surface area contributed by atoms with Gasteiger partial charge in [0.2, 0.25) is 0 Å². The zero-order valence-corrected chi connectivity index (χ0v) is 9.50. The average molecular weight is 197 g/mol. The summed E-state index contributed by atoms with van der Waals surface area (Å²) in [7, 11) is 0. The van der Waals surface area contributed by atoms with Crippen LogP contribution in [0.25, 0.3) is 0 Å². The van der Waals surface area contributed by atoms with Crippen LogP contribution in [-0.2, 0) is 0 Å². The molecule has 0 spiro atoms. The molecule has 2 aliphatic heterocycles. The minimum atomic E-state index is -0.355. The fraction of sp³-hybridized carbons (Fsp3) is 1.00. The Balaban J connectivity index is 2.01. The lowest BCUT2D eigenvalue weighted by atomic mass is 9.83. The Morgan fingerprint density at radius 2 is 2.29 bits per heavy atom. The van der Waals surface area contributed by atoms with E-state index in [-0.39, 0.29) is 5.60 Å². The predicted molar refractivity (Wildman–Crippen MR) is 58.2 cm³/mol. The number of rotatable bonds is 3. The second-order valence-corrected chi connectivity index (χ2v) is 5.27. The fourth-order valence-electron chi connectivity index (χ4n) is 3.19. The van der Waals surface area contributed by atoms with Gasteiger partial charge in [-0.3, -0.25) is 4.90 Å². The highest BCUT2D eigenvalue weighted by atomic mass is 16.3. The van der Waals surface area contributed by atoms with E-state index in [2.05, 4.69) is 18.7 Å². The summed E-state index contributed by atoms with van der Waals surface area (Å²) in [6, 6.07) is 0.483. The second-order valence-electron chi connectivity index (χ2n) is 5.27. The van der Waals surface area contributed by atoms with Gasteiger partial charge in [0.15, 0.2) is 0 Å². The van der Waals surface area contributed by atoms with Gasteiger partial charge >= 0.3 is 0 Å². The van der Waals surface area contributed by atoms with Gasteiger partial charge in [0.1, 0.15) is 0 Å². The van der Waals surface area contributed by atoms with Gasteiger partial charge in [-0.05, 0) is 38.1 Å². The van der Waals surface area contributed by atoms with Crippen LogP contribution in [0.15, 0.2) is 0 Å². The van der Waals surface area contributed by atoms with Crippen molar-refractivity contribution in [3.63, 3.8) is 0 Å². The van der Waals surface area contributed by atoms with Crippen LogP contribution in [0.4, 0.5) is 0 Å². The van der Waals surface area contributed by atoms with E-state index in [4.69, 9.17) is 0 Å². The molecule has 2 aliphatic rings. The molecule has 3 unspecified atom stereocenters. The third-order valence-electron chi connectivity index (χ3n) is 4.21. The first kappa shape index (κ1) is 10.4. The summed E-state index contributed by atoms with van der Waals surface area (Å²) in [5.41, 5.74) is -0.355. The first-order chi connectivity index (χ1) is 6.65. The van der Waals surface area contributed by atoms with Crippen LogP contribution in [0.5, 0.6) is 0 Å². The molecule has 2 rings (SSSR count). The van der Waals surface area contributed by atoms with E-state index >= 15 is 0 Å². The Morgan fingerprint density at radius 3 is 3.00 bits per heavy atom. The van der Waals surface area contributed by atoms with E-state index in [9.17, 15) is 5.11 Å². The van der Waals surface area contributed by atoms with E-state index in [1.54, 1.807) is 0 Å². The molecule has 1 N–H and O–H groups in total. The maximum Gasteiger partial charge on any atom is 0.0816 e. The van der Waals surface area contributed by atoms with Gasteiger partial charge < -0.3 is 5.11 Å². The summed E-state index contributed by atoms with van der Waals surface area (Å²) in [5, 5.41) is 10.6. The molecule has 2 heteroatoms. The van der Waals surface area contributed by atoms with Crippen molar-refractivity contribution < 1.29 is 5.11 Å². The molecular weight excluding hydrogens is 174 g/mol. The molecule has 0 amide bonds. The topological polar surface area (TPSA) is 23.5 Å². The van der Waals surface area contributed by atoms with Crippen molar-refractivity contribution in [2.75, 3.05) is 13.1 Å². The molecule has 82 valence electrons. The van der Waals surface area contributed by atoms with Crippen molar-refractivity contribution in [2.45, 2.75) is 57.6 Å². The van der Waals surface area contributed by atoms with E-state index in [1.165, 1.54) is 25.8 Å². The largest absolute Gasteiger partial charge is 0.388 e. The van der Waals surface area contributed by atoms with Gasteiger partial charge in [0, 0.05) is 12.6 Å². The predicted octanol–water partition coefficient (Wildman–Crippen LogP) is 2.02. The molecule has 0 aliphatic carbocycles. The highest BCUT2D eigenvalue weighted by molar-refractivity contribution is 5.02. The van der Waals surface area contributed by atoms with Crippen LogP contribution in [-0.4, -0.2) is 34.7 Å². The van der Waals surface area contributed by atoms with Gasteiger partial charge in [-0.15, -0.1) is 0 Å². The molecule has 2 fully saturated rings. The Labute approximate surface area is 87.3 Å². The summed E-state index contributed by atoms with van der Waals surface area (Å²) in [4.78, 5) is 2.49. The smallest absolute Gasteiger partial charge is 0.0816 e. The Morgan fingerprint density at radius 1 is 1.50 bits per heavy atom. The molecule has 0 radical (unpaired) electrons. The van der Waals surface area contributed by atoms with Gasteiger partial charge in [0.25, 0.3) is 0 Å². The first-order valence-electron chi connectivity index (χ1n) is 6.12. The maximum absolute atomic E-state index is 10.6. The van der Waals surface area contributed by atoms with Crippen molar-refractivity contribution in [1.29, 1.82) is 0 Å². The quantitative estimate of drug-likeness (QED) is 0.748. The van der Waals surface area contributed by atoms with Gasteiger partial charge in [-0.1, -0.05) is 20.3 Å². The third kappa shape index (κ3) is 1.70. The fourth-order valence-corrected chi connectivity index (χ4v) is 3.19. The minimum Gasteiger partial charge on any atom is -0.388 e. The average Bonchev–Trinajstić information content (AvgIpc) is 2.71. The highest BCUT2D eigenvalue weighted by Crippen LogP contribution is 2.40. The zero-order valence-electron chi connectivity index (χ0n) is 9.50. The molecule has 0 aromatic carbocycles. The van der Waals surface area contributed by atoms with E-state index in [0.29, 0.717) is 12.0 Å². The van der Waals surface area contributed by atoms with Gasteiger partial charge in [-0.2, -0.15) is 0 Å². The van der Waals surface area contributed by atoms with E-state index in [0.717, 1.165) is 19.4 Å². The molecule has 3 atom stereocenters. The van der Waals surface area contributed by atoms with Gasteiger partial charge in [-0.25, -0.2) is 0 Å². The summed E-state index contributed by atoms with van der Waals surface area (Å²) >= 11 is 0. The van der Waals surface area contributed by atoms with Crippen LogP contribution in [0.1, 0.15) is 46.0 Å². The number of fused-ring (bicyclic) bond motifs is 1. The number of nitrogens with zero attached hydrogens (tertiary/aromatic N) is 1.